The number of anilines is 1. The molecule has 1 unspecified atom stereocenters. The summed E-state index contributed by atoms with van der Waals surface area (Å²) in [6, 6.07) is 9.86. The topological polar surface area (TPSA) is 84.9 Å². The number of ether oxygens (including phenoxy) is 2. The van der Waals surface area contributed by atoms with Crippen molar-refractivity contribution in [1.29, 1.82) is 0 Å². The van der Waals surface area contributed by atoms with Gasteiger partial charge in [-0.1, -0.05) is 25.1 Å². The number of rotatable bonds is 10. The van der Waals surface area contributed by atoms with Crippen LogP contribution in [0, 0.1) is 5.82 Å². The monoisotopic (exact) mass is 438 g/mol. The van der Waals surface area contributed by atoms with E-state index in [0.29, 0.717) is 17.9 Å². The van der Waals surface area contributed by atoms with E-state index in [1.165, 1.54) is 25.3 Å². The average molecular weight is 439 g/mol. The van der Waals surface area contributed by atoms with Crippen molar-refractivity contribution in [1.82, 2.24) is 5.32 Å². The van der Waals surface area contributed by atoms with Crippen molar-refractivity contribution in [3.8, 4) is 11.5 Å². The highest BCUT2D eigenvalue weighted by molar-refractivity contribution is 7.92. The second-order valence-electron chi connectivity index (χ2n) is 6.66. The minimum atomic E-state index is -3.89. The largest absolute Gasteiger partial charge is 0.493 e. The molecule has 7 nitrogen and oxygen atoms in total. The molecule has 2 rings (SSSR count). The van der Waals surface area contributed by atoms with E-state index in [-0.39, 0.29) is 18.7 Å². The summed E-state index contributed by atoms with van der Waals surface area (Å²) in [4.78, 5) is 12.8. The van der Waals surface area contributed by atoms with Gasteiger partial charge in [0.1, 0.15) is 11.9 Å². The van der Waals surface area contributed by atoms with E-state index in [0.717, 1.165) is 22.2 Å². The van der Waals surface area contributed by atoms with E-state index < -0.39 is 27.8 Å². The molecule has 1 amide bonds. The van der Waals surface area contributed by atoms with E-state index in [2.05, 4.69) is 5.32 Å². The highest BCUT2D eigenvalue weighted by Crippen LogP contribution is 2.28. The van der Waals surface area contributed by atoms with Gasteiger partial charge in [0.15, 0.2) is 11.5 Å². The molecule has 0 aliphatic heterocycles. The summed E-state index contributed by atoms with van der Waals surface area (Å²) in [6.07, 6.45) is 1.64. The third-order valence-electron chi connectivity index (χ3n) is 4.58. The van der Waals surface area contributed by atoms with Crippen molar-refractivity contribution in [2.24, 2.45) is 0 Å². The van der Waals surface area contributed by atoms with Gasteiger partial charge >= 0.3 is 0 Å². The zero-order valence-electron chi connectivity index (χ0n) is 17.5. The van der Waals surface area contributed by atoms with Crippen molar-refractivity contribution in [3.63, 3.8) is 0 Å². The molecule has 1 atom stereocenters. The Morgan fingerprint density at radius 1 is 1.13 bits per heavy atom. The number of sulfonamides is 1. The maximum Gasteiger partial charge on any atom is 0.243 e. The van der Waals surface area contributed by atoms with Crippen molar-refractivity contribution in [2.75, 3.05) is 31.3 Å². The van der Waals surface area contributed by atoms with E-state index in [9.17, 15) is 17.6 Å². The molecule has 0 saturated carbocycles. The third-order valence-corrected chi connectivity index (χ3v) is 5.75. The number of methoxy groups -OCH3 is 2. The fourth-order valence-corrected chi connectivity index (χ4v) is 4.36. The van der Waals surface area contributed by atoms with Crippen LogP contribution >= 0.6 is 0 Å². The Kier molecular flexibility index (Phi) is 8.05. The number of amides is 1. The van der Waals surface area contributed by atoms with Crippen molar-refractivity contribution < 1.29 is 27.1 Å². The summed E-state index contributed by atoms with van der Waals surface area (Å²) in [5, 5.41) is 2.75. The molecule has 0 saturated heterocycles. The summed E-state index contributed by atoms with van der Waals surface area (Å²) in [5.74, 6) is -0.0215. The molecule has 0 aromatic heterocycles. The Bertz CT molecular complexity index is 981. The zero-order valence-corrected chi connectivity index (χ0v) is 18.3. The average Bonchev–Trinajstić information content (AvgIpc) is 2.71. The van der Waals surface area contributed by atoms with Gasteiger partial charge in [-0.15, -0.1) is 0 Å². The molecule has 9 heteroatoms. The summed E-state index contributed by atoms with van der Waals surface area (Å²) in [5.41, 5.74) is 0.761. The lowest BCUT2D eigenvalue weighted by Gasteiger charge is -2.30. The summed E-state index contributed by atoms with van der Waals surface area (Å²) in [7, 11) is -0.802. The predicted molar refractivity (Wildman–Crippen MR) is 114 cm³/mol. The first-order valence-corrected chi connectivity index (χ1v) is 11.3. The van der Waals surface area contributed by atoms with Crippen LogP contribution in [0.5, 0.6) is 11.5 Å². The minimum absolute atomic E-state index is 0.151. The number of benzene rings is 2. The molecule has 0 aliphatic carbocycles. The Morgan fingerprint density at radius 2 is 1.80 bits per heavy atom. The standard InChI is InChI=1S/C21H27FN2O5S/c1-5-17(24(30(4,26)27)18-9-7-6-8-16(18)22)21(25)23-13-12-15-10-11-19(28-2)20(14-15)29-3/h6-11,14,17H,5,12-13H2,1-4H3,(H,23,25). The maximum absolute atomic E-state index is 14.3. The molecule has 0 radical (unpaired) electrons. The van der Waals surface area contributed by atoms with Crippen LogP contribution in [0.2, 0.25) is 0 Å². The predicted octanol–water partition coefficient (Wildman–Crippen LogP) is 2.75. The molecule has 0 aliphatic rings. The number of carbonyl (C=O) groups is 1. The fourth-order valence-electron chi connectivity index (χ4n) is 3.15. The van der Waals surface area contributed by atoms with Crippen LogP contribution in [0.25, 0.3) is 0 Å². The molecule has 0 bridgehead atoms. The van der Waals surface area contributed by atoms with Gasteiger partial charge < -0.3 is 14.8 Å². The Balaban J connectivity index is 2.14. The van der Waals surface area contributed by atoms with Crippen LogP contribution < -0.4 is 19.1 Å². The molecular weight excluding hydrogens is 411 g/mol. The summed E-state index contributed by atoms with van der Waals surface area (Å²) in [6.45, 7) is 1.96. The van der Waals surface area contributed by atoms with Crippen LogP contribution in [0.1, 0.15) is 18.9 Å². The lowest BCUT2D eigenvalue weighted by molar-refractivity contribution is -0.122. The molecule has 2 aromatic rings. The number of nitrogens with zero attached hydrogens (tertiary/aromatic N) is 1. The van der Waals surface area contributed by atoms with E-state index in [1.54, 1.807) is 20.1 Å². The minimum Gasteiger partial charge on any atom is -0.493 e. The maximum atomic E-state index is 14.3. The fraction of sp³-hybridized carbons (Fsp3) is 0.381. The second kappa shape index (κ2) is 10.3. The first kappa shape index (κ1) is 23.5. The molecule has 0 fully saturated rings. The van der Waals surface area contributed by atoms with E-state index >= 15 is 0 Å². The van der Waals surface area contributed by atoms with Gasteiger partial charge in [-0.25, -0.2) is 12.8 Å². The van der Waals surface area contributed by atoms with Crippen LogP contribution in [0.4, 0.5) is 10.1 Å². The van der Waals surface area contributed by atoms with Crippen molar-refractivity contribution in [2.45, 2.75) is 25.8 Å². The molecule has 0 spiro atoms. The van der Waals surface area contributed by atoms with Gasteiger partial charge in [-0.05, 0) is 42.7 Å². The molecule has 0 heterocycles. The van der Waals surface area contributed by atoms with Crippen LogP contribution in [0.15, 0.2) is 42.5 Å². The molecule has 30 heavy (non-hydrogen) atoms. The third kappa shape index (κ3) is 5.63. The number of nitrogens with one attached hydrogen (secondary N) is 1. The highest BCUT2D eigenvalue weighted by atomic mass is 32.2. The summed E-state index contributed by atoms with van der Waals surface area (Å²) < 4.78 is 50.3. The second-order valence-corrected chi connectivity index (χ2v) is 8.52. The van der Waals surface area contributed by atoms with Gasteiger partial charge in [-0.3, -0.25) is 9.10 Å². The first-order chi connectivity index (χ1) is 14.2. The molecular formula is C21H27FN2O5S. The lowest BCUT2D eigenvalue weighted by atomic mass is 10.1. The number of carbonyl (C=O) groups excluding carboxylic acids is 1. The highest BCUT2D eigenvalue weighted by Gasteiger charge is 2.32. The van der Waals surface area contributed by atoms with Crippen LogP contribution in [-0.2, 0) is 21.2 Å². The van der Waals surface area contributed by atoms with Crippen molar-refractivity contribution >= 4 is 21.6 Å². The molecule has 2 aromatic carbocycles. The smallest absolute Gasteiger partial charge is 0.243 e. The Labute approximate surface area is 176 Å². The quantitative estimate of drug-likeness (QED) is 0.617. The van der Waals surface area contributed by atoms with E-state index in [4.69, 9.17) is 9.47 Å². The van der Waals surface area contributed by atoms with Gasteiger partial charge in [0, 0.05) is 6.54 Å². The molecule has 164 valence electrons. The van der Waals surface area contributed by atoms with Crippen molar-refractivity contribution in [3.05, 3.63) is 53.8 Å². The first-order valence-electron chi connectivity index (χ1n) is 9.45. The van der Waals surface area contributed by atoms with Crippen LogP contribution in [-0.4, -0.2) is 47.4 Å². The van der Waals surface area contributed by atoms with Gasteiger partial charge in [0.05, 0.1) is 26.2 Å². The Hall–Kier alpha value is -2.81. The lowest BCUT2D eigenvalue weighted by Crippen LogP contribution is -2.50. The number of halogens is 1. The SMILES string of the molecule is CCC(C(=O)NCCc1ccc(OC)c(OC)c1)N(c1ccccc1F)S(C)(=O)=O. The van der Waals surface area contributed by atoms with Gasteiger partial charge in [0.25, 0.3) is 0 Å². The normalized spacial score (nSPS) is 12.2. The Morgan fingerprint density at radius 3 is 2.37 bits per heavy atom. The van der Waals surface area contributed by atoms with E-state index in [1.807, 2.05) is 12.1 Å². The van der Waals surface area contributed by atoms with Gasteiger partial charge in [0.2, 0.25) is 15.9 Å². The van der Waals surface area contributed by atoms with Gasteiger partial charge in [-0.2, -0.15) is 0 Å². The number of para-hydroxylation sites is 1. The summed E-state index contributed by atoms with van der Waals surface area (Å²) >= 11 is 0. The number of hydrogen-bond acceptors (Lipinski definition) is 5. The van der Waals surface area contributed by atoms with Crippen LogP contribution in [0.3, 0.4) is 0 Å². The zero-order chi connectivity index (χ0) is 22.3. The molecule has 1 N–H and O–H groups in total. The number of hydrogen-bond donors (Lipinski definition) is 1.